The Hall–Kier alpha value is -4.91. The van der Waals surface area contributed by atoms with Crippen LogP contribution in [0.4, 0.5) is 11.4 Å². The Morgan fingerprint density at radius 2 is 1.30 bits per heavy atom. The number of carbonyl (C=O) groups excluding carboxylic acids is 3. The molecule has 0 bridgehead atoms. The summed E-state index contributed by atoms with van der Waals surface area (Å²) in [6.07, 6.45) is 0.321. The Kier molecular flexibility index (Phi) is 8.64. The third-order valence-corrected chi connectivity index (χ3v) is 5.47. The van der Waals surface area contributed by atoms with E-state index < -0.39 is 6.04 Å². The van der Waals surface area contributed by atoms with Crippen molar-refractivity contribution in [1.82, 2.24) is 5.32 Å². The van der Waals surface area contributed by atoms with E-state index in [1.165, 1.54) is 0 Å². The first-order chi connectivity index (χ1) is 18.1. The van der Waals surface area contributed by atoms with Gasteiger partial charge in [-0.25, -0.2) is 0 Å². The highest BCUT2D eigenvalue weighted by Gasteiger charge is 2.22. The van der Waals surface area contributed by atoms with E-state index in [0.717, 1.165) is 5.56 Å². The first-order valence-corrected chi connectivity index (χ1v) is 11.9. The monoisotopic (exact) mass is 493 g/mol. The highest BCUT2D eigenvalue weighted by atomic mass is 16.5. The number of benzene rings is 4. The second-order valence-corrected chi connectivity index (χ2v) is 8.30. The first kappa shape index (κ1) is 25.2. The molecule has 3 amide bonds. The summed E-state index contributed by atoms with van der Waals surface area (Å²) in [5.41, 5.74) is 2.55. The van der Waals surface area contributed by atoms with Gasteiger partial charge >= 0.3 is 0 Å². The number of ether oxygens (including phenoxy) is 1. The van der Waals surface area contributed by atoms with Gasteiger partial charge in [-0.2, -0.15) is 0 Å². The smallest absolute Gasteiger partial charge is 0.262 e. The third kappa shape index (κ3) is 7.80. The van der Waals surface area contributed by atoms with Crippen molar-refractivity contribution in [2.45, 2.75) is 12.5 Å². The predicted octanol–water partition coefficient (Wildman–Crippen LogP) is 4.68. The highest BCUT2D eigenvalue weighted by Crippen LogP contribution is 2.18. The Morgan fingerprint density at radius 3 is 2.00 bits per heavy atom. The fraction of sp³-hybridized carbons (Fsp3) is 0.100. The van der Waals surface area contributed by atoms with Gasteiger partial charge in [0.2, 0.25) is 5.91 Å². The molecule has 4 aromatic carbocycles. The maximum absolute atomic E-state index is 13.2. The van der Waals surface area contributed by atoms with Crippen LogP contribution in [-0.4, -0.2) is 30.4 Å². The number of hydrogen-bond acceptors (Lipinski definition) is 4. The van der Waals surface area contributed by atoms with Crippen molar-refractivity contribution >= 4 is 29.1 Å². The molecule has 0 saturated heterocycles. The van der Waals surface area contributed by atoms with Crippen LogP contribution in [0.2, 0.25) is 0 Å². The van der Waals surface area contributed by atoms with E-state index in [9.17, 15) is 14.4 Å². The molecule has 0 aliphatic carbocycles. The molecule has 0 spiro atoms. The third-order valence-electron chi connectivity index (χ3n) is 5.47. The molecule has 0 aliphatic rings. The Balaban J connectivity index is 1.40. The maximum atomic E-state index is 13.2. The SMILES string of the molecule is O=C(COc1cccc(NC(=O)C(Cc2ccccc2)NC(=O)c2ccccc2)c1)Nc1ccccc1. The summed E-state index contributed by atoms with van der Waals surface area (Å²) in [4.78, 5) is 38.2. The van der Waals surface area contributed by atoms with Gasteiger partial charge in [0.15, 0.2) is 6.61 Å². The van der Waals surface area contributed by atoms with Crippen molar-refractivity contribution < 1.29 is 19.1 Å². The number of para-hydroxylation sites is 1. The first-order valence-electron chi connectivity index (χ1n) is 11.9. The van der Waals surface area contributed by atoms with Gasteiger partial charge in [0, 0.05) is 29.4 Å². The van der Waals surface area contributed by atoms with Crippen molar-refractivity contribution in [3.8, 4) is 5.75 Å². The standard InChI is InChI=1S/C30H27N3O4/c34-28(31-24-15-8-3-9-16-24)21-37-26-18-10-17-25(20-26)32-30(36)27(19-22-11-4-1-5-12-22)33-29(35)23-13-6-2-7-14-23/h1-18,20,27H,19,21H2,(H,31,34)(H,32,36)(H,33,35). The topological polar surface area (TPSA) is 96.5 Å². The fourth-order valence-corrected chi connectivity index (χ4v) is 3.65. The van der Waals surface area contributed by atoms with Crippen molar-refractivity contribution in [3.05, 3.63) is 126 Å². The normalized spacial score (nSPS) is 11.1. The predicted molar refractivity (Wildman–Crippen MR) is 143 cm³/mol. The highest BCUT2D eigenvalue weighted by molar-refractivity contribution is 6.01. The molecule has 0 aromatic heterocycles. The molecule has 3 N–H and O–H groups in total. The zero-order valence-electron chi connectivity index (χ0n) is 20.1. The average molecular weight is 494 g/mol. The minimum absolute atomic E-state index is 0.184. The summed E-state index contributed by atoms with van der Waals surface area (Å²) in [5.74, 6) is -0.577. The molecule has 7 heteroatoms. The van der Waals surface area contributed by atoms with E-state index in [1.54, 1.807) is 60.7 Å². The second-order valence-electron chi connectivity index (χ2n) is 8.30. The van der Waals surface area contributed by atoms with Crippen LogP contribution in [0.3, 0.4) is 0 Å². The van der Waals surface area contributed by atoms with E-state index in [2.05, 4.69) is 16.0 Å². The summed E-state index contributed by atoms with van der Waals surface area (Å²) in [6.45, 7) is -0.184. The largest absolute Gasteiger partial charge is 0.484 e. The van der Waals surface area contributed by atoms with Gasteiger partial charge in [-0.3, -0.25) is 14.4 Å². The summed E-state index contributed by atoms with van der Waals surface area (Å²) in [6, 6.07) is 33.3. The number of hydrogen-bond donors (Lipinski definition) is 3. The van der Waals surface area contributed by atoms with Crippen LogP contribution in [0.5, 0.6) is 5.75 Å². The van der Waals surface area contributed by atoms with Gasteiger partial charge < -0.3 is 20.7 Å². The van der Waals surface area contributed by atoms with E-state index >= 15 is 0 Å². The van der Waals surface area contributed by atoms with Crippen LogP contribution in [0.1, 0.15) is 15.9 Å². The Bertz CT molecular complexity index is 1330. The summed E-state index contributed by atoms with van der Waals surface area (Å²) in [7, 11) is 0. The maximum Gasteiger partial charge on any atom is 0.262 e. The average Bonchev–Trinajstić information content (AvgIpc) is 2.93. The molecular formula is C30H27N3O4. The van der Waals surface area contributed by atoms with Crippen molar-refractivity contribution in [2.24, 2.45) is 0 Å². The minimum Gasteiger partial charge on any atom is -0.484 e. The zero-order chi connectivity index (χ0) is 25.9. The molecule has 0 saturated carbocycles. The molecule has 1 atom stereocenters. The molecule has 37 heavy (non-hydrogen) atoms. The lowest BCUT2D eigenvalue weighted by atomic mass is 10.0. The molecule has 4 aromatic rings. The van der Waals surface area contributed by atoms with Crippen molar-refractivity contribution in [1.29, 1.82) is 0 Å². The molecular weight excluding hydrogens is 466 g/mol. The van der Waals surface area contributed by atoms with Crippen LogP contribution < -0.4 is 20.7 Å². The van der Waals surface area contributed by atoms with Gasteiger partial charge in [-0.1, -0.05) is 72.8 Å². The van der Waals surface area contributed by atoms with Crippen molar-refractivity contribution in [2.75, 3.05) is 17.2 Å². The molecule has 0 heterocycles. The summed E-state index contributed by atoms with van der Waals surface area (Å²) < 4.78 is 5.61. The fourth-order valence-electron chi connectivity index (χ4n) is 3.65. The number of nitrogens with one attached hydrogen (secondary N) is 3. The Labute approximate surface area is 215 Å². The number of carbonyl (C=O) groups is 3. The lowest BCUT2D eigenvalue weighted by molar-refractivity contribution is -0.118. The van der Waals surface area contributed by atoms with E-state index in [-0.39, 0.29) is 24.3 Å². The van der Waals surface area contributed by atoms with Crippen LogP contribution in [-0.2, 0) is 16.0 Å². The van der Waals surface area contributed by atoms with Gasteiger partial charge in [0.25, 0.3) is 11.8 Å². The molecule has 7 nitrogen and oxygen atoms in total. The summed E-state index contributed by atoms with van der Waals surface area (Å²) in [5, 5.41) is 8.45. The lowest BCUT2D eigenvalue weighted by Crippen LogP contribution is -2.45. The van der Waals surface area contributed by atoms with Crippen molar-refractivity contribution in [3.63, 3.8) is 0 Å². The van der Waals surface area contributed by atoms with E-state index in [0.29, 0.717) is 29.1 Å². The second kappa shape index (κ2) is 12.7. The van der Waals surface area contributed by atoms with Gasteiger partial charge in [0.1, 0.15) is 11.8 Å². The quantitative estimate of drug-likeness (QED) is 0.299. The number of amides is 3. The van der Waals surface area contributed by atoms with Crippen LogP contribution in [0.25, 0.3) is 0 Å². The molecule has 0 aliphatic heterocycles. The lowest BCUT2D eigenvalue weighted by Gasteiger charge is -2.19. The number of rotatable bonds is 10. The van der Waals surface area contributed by atoms with E-state index in [4.69, 9.17) is 4.74 Å². The van der Waals surface area contributed by atoms with Gasteiger partial charge in [0.05, 0.1) is 0 Å². The van der Waals surface area contributed by atoms with Crippen LogP contribution in [0, 0.1) is 0 Å². The van der Waals surface area contributed by atoms with Crippen LogP contribution >= 0.6 is 0 Å². The molecule has 186 valence electrons. The van der Waals surface area contributed by atoms with Gasteiger partial charge in [-0.15, -0.1) is 0 Å². The Morgan fingerprint density at radius 1 is 0.676 bits per heavy atom. The van der Waals surface area contributed by atoms with E-state index in [1.807, 2.05) is 54.6 Å². The molecule has 1 unspecified atom stereocenters. The minimum atomic E-state index is -0.809. The molecule has 0 radical (unpaired) electrons. The zero-order valence-corrected chi connectivity index (χ0v) is 20.1. The van der Waals surface area contributed by atoms with Crippen LogP contribution in [0.15, 0.2) is 115 Å². The summed E-state index contributed by atoms with van der Waals surface area (Å²) >= 11 is 0. The van der Waals surface area contributed by atoms with Gasteiger partial charge in [-0.05, 0) is 42.0 Å². The molecule has 0 fully saturated rings. The molecule has 4 rings (SSSR count). The number of anilines is 2.